The Morgan fingerprint density at radius 1 is 0.967 bits per heavy atom. The van der Waals surface area contributed by atoms with Gasteiger partial charge < -0.3 is 9.47 Å². The predicted octanol–water partition coefficient (Wildman–Crippen LogP) is 4.40. The second-order valence-corrected chi connectivity index (χ2v) is 9.24. The van der Waals surface area contributed by atoms with Crippen LogP contribution in [0.5, 0.6) is 0 Å². The van der Waals surface area contributed by atoms with Gasteiger partial charge in [-0.3, -0.25) is 14.8 Å². The van der Waals surface area contributed by atoms with Crippen LogP contribution in [-0.4, -0.2) is 27.5 Å². The van der Waals surface area contributed by atoms with Gasteiger partial charge in [-0.1, -0.05) is 12.1 Å². The molecule has 0 saturated heterocycles. The smallest absolute Gasteiger partial charge is 0.352 e. The van der Waals surface area contributed by atoms with Crippen molar-refractivity contribution < 1.29 is 19.1 Å². The summed E-state index contributed by atoms with van der Waals surface area (Å²) >= 11 is 0. The number of esters is 2. The topological polar surface area (TPSA) is 78.4 Å². The summed E-state index contributed by atoms with van der Waals surface area (Å²) in [4.78, 5) is 34.3. The van der Waals surface area contributed by atoms with Gasteiger partial charge in [0.15, 0.2) is 0 Å². The standard InChI is InChI=1S/C24H28N2O4/c1-24(2,3)30-23(28)22(18-9-11-20(26-14-18)17-7-8-17)29-21(27)12-15-4-10-19(25-13-15)16-5-6-16/h4,9-11,13-14,16-17,22H,5-8,12H2,1-3H3. The van der Waals surface area contributed by atoms with Crippen molar-refractivity contribution in [3.8, 4) is 0 Å². The van der Waals surface area contributed by atoms with Crippen molar-refractivity contribution in [3.63, 3.8) is 0 Å². The molecule has 6 nitrogen and oxygen atoms in total. The summed E-state index contributed by atoms with van der Waals surface area (Å²) in [5.74, 6) is -0.0292. The maximum Gasteiger partial charge on any atom is 0.352 e. The third-order valence-corrected chi connectivity index (χ3v) is 5.17. The Balaban J connectivity index is 1.46. The average Bonchev–Trinajstić information content (AvgIpc) is 3.58. The summed E-state index contributed by atoms with van der Waals surface area (Å²) in [7, 11) is 0. The SMILES string of the molecule is CC(C)(C)OC(=O)C(OC(=O)Cc1ccc(C2CC2)nc1)c1ccc(C2CC2)nc1. The predicted molar refractivity (Wildman–Crippen MR) is 111 cm³/mol. The number of carbonyl (C=O) groups excluding carboxylic acids is 2. The lowest BCUT2D eigenvalue weighted by Crippen LogP contribution is -2.30. The van der Waals surface area contributed by atoms with E-state index in [1.165, 1.54) is 12.8 Å². The highest BCUT2D eigenvalue weighted by Crippen LogP contribution is 2.39. The molecule has 2 aliphatic carbocycles. The maximum atomic E-state index is 12.8. The molecule has 1 unspecified atom stereocenters. The van der Waals surface area contributed by atoms with Gasteiger partial charge in [0.2, 0.25) is 6.10 Å². The van der Waals surface area contributed by atoms with Gasteiger partial charge >= 0.3 is 11.9 Å². The molecule has 0 spiro atoms. The minimum Gasteiger partial charge on any atom is -0.457 e. The van der Waals surface area contributed by atoms with Crippen LogP contribution in [0.1, 0.15) is 86.9 Å². The molecule has 0 amide bonds. The van der Waals surface area contributed by atoms with Crippen LogP contribution in [0, 0.1) is 0 Å². The molecular formula is C24H28N2O4. The summed E-state index contributed by atoms with van der Waals surface area (Å²) in [6.45, 7) is 5.35. The summed E-state index contributed by atoms with van der Waals surface area (Å²) in [6.07, 6.45) is 6.88. The van der Waals surface area contributed by atoms with Crippen molar-refractivity contribution in [1.29, 1.82) is 0 Å². The zero-order valence-corrected chi connectivity index (χ0v) is 17.8. The van der Waals surface area contributed by atoms with Gasteiger partial charge in [0.1, 0.15) is 5.60 Å². The Labute approximate surface area is 177 Å². The van der Waals surface area contributed by atoms with Crippen molar-refractivity contribution in [3.05, 3.63) is 59.2 Å². The first kappa shape index (κ1) is 20.5. The van der Waals surface area contributed by atoms with E-state index < -0.39 is 23.6 Å². The molecule has 0 N–H and O–H groups in total. The first-order chi connectivity index (χ1) is 14.3. The summed E-state index contributed by atoms with van der Waals surface area (Å²) in [5.41, 5.74) is 2.67. The van der Waals surface area contributed by atoms with Crippen LogP contribution in [0.25, 0.3) is 0 Å². The Morgan fingerprint density at radius 3 is 2.03 bits per heavy atom. The van der Waals surface area contributed by atoms with E-state index in [0.29, 0.717) is 17.4 Å². The molecule has 1 atom stereocenters. The van der Waals surface area contributed by atoms with Crippen LogP contribution in [0.3, 0.4) is 0 Å². The van der Waals surface area contributed by atoms with Gasteiger partial charge in [-0.25, -0.2) is 4.79 Å². The highest BCUT2D eigenvalue weighted by Gasteiger charge is 2.32. The van der Waals surface area contributed by atoms with Crippen molar-refractivity contribution in [2.75, 3.05) is 0 Å². The minimum atomic E-state index is -1.14. The Kier molecular flexibility index (Phi) is 5.58. The lowest BCUT2D eigenvalue weighted by Gasteiger charge is -2.24. The molecule has 2 fully saturated rings. The number of hydrogen-bond donors (Lipinski definition) is 0. The fourth-order valence-electron chi connectivity index (χ4n) is 3.30. The fourth-order valence-corrected chi connectivity index (χ4v) is 3.30. The minimum absolute atomic E-state index is 0.0465. The van der Waals surface area contributed by atoms with E-state index in [4.69, 9.17) is 9.47 Å². The number of carbonyl (C=O) groups is 2. The summed E-state index contributed by atoms with van der Waals surface area (Å²) in [5, 5.41) is 0. The third kappa shape index (κ3) is 5.43. The van der Waals surface area contributed by atoms with E-state index in [9.17, 15) is 9.59 Å². The average molecular weight is 408 g/mol. The summed E-state index contributed by atoms with van der Waals surface area (Å²) < 4.78 is 11.1. The molecular weight excluding hydrogens is 380 g/mol. The van der Waals surface area contributed by atoms with E-state index in [0.717, 1.165) is 29.8 Å². The van der Waals surface area contributed by atoms with Crippen LogP contribution in [0.15, 0.2) is 36.7 Å². The molecule has 2 heterocycles. The molecule has 2 saturated carbocycles. The number of rotatable bonds is 7. The lowest BCUT2D eigenvalue weighted by atomic mass is 10.1. The van der Waals surface area contributed by atoms with Crippen LogP contribution >= 0.6 is 0 Å². The number of hydrogen-bond acceptors (Lipinski definition) is 6. The van der Waals surface area contributed by atoms with E-state index >= 15 is 0 Å². The first-order valence-electron chi connectivity index (χ1n) is 10.6. The van der Waals surface area contributed by atoms with Crippen molar-refractivity contribution in [1.82, 2.24) is 9.97 Å². The van der Waals surface area contributed by atoms with Gasteiger partial charge in [0.25, 0.3) is 0 Å². The molecule has 0 radical (unpaired) electrons. The molecule has 158 valence electrons. The first-order valence-corrected chi connectivity index (χ1v) is 10.6. The third-order valence-electron chi connectivity index (χ3n) is 5.17. The van der Waals surface area contributed by atoms with Crippen LogP contribution in [0.4, 0.5) is 0 Å². The Bertz CT molecular complexity index is 908. The molecule has 0 aromatic carbocycles. The van der Waals surface area contributed by atoms with Gasteiger partial charge in [0.05, 0.1) is 6.42 Å². The highest BCUT2D eigenvalue weighted by molar-refractivity contribution is 5.81. The quantitative estimate of drug-likeness (QED) is 0.632. The van der Waals surface area contributed by atoms with Gasteiger partial charge in [-0.15, -0.1) is 0 Å². The zero-order valence-electron chi connectivity index (χ0n) is 17.8. The number of ether oxygens (including phenoxy) is 2. The molecule has 0 aliphatic heterocycles. The normalized spacial score (nSPS) is 17.3. The van der Waals surface area contributed by atoms with Gasteiger partial charge in [-0.2, -0.15) is 0 Å². The Morgan fingerprint density at radius 2 is 1.57 bits per heavy atom. The van der Waals surface area contributed by atoms with E-state index in [1.54, 1.807) is 39.2 Å². The van der Waals surface area contributed by atoms with E-state index in [1.807, 2.05) is 18.2 Å². The molecule has 2 aromatic rings. The number of aromatic nitrogens is 2. The molecule has 0 bridgehead atoms. The monoisotopic (exact) mass is 408 g/mol. The molecule has 2 aliphatic rings. The van der Waals surface area contributed by atoms with Gasteiger partial charge in [-0.05, 0) is 64.2 Å². The lowest BCUT2D eigenvalue weighted by molar-refractivity contribution is -0.176. The largest absolute Gasteiger partial charge is 0.457 e. The van der Waals surface area contributed by atoms with Crippen LogP contribution in [0.2, 0.25) is 0 Å². The number of nitrogens with zero attached hydrogens (tertiary/aromatic N) is 2. The molecule has 6 heteroatoms. The second-order valence-electron chi connectivity index (χ2n) is 9.24. The van der Waals surface area contributed by atoms with Crippen LogP contribution in [-0.2, 0) is 25.5 Å². The molecule has 30 heavy (non-hydrogen) atoms. The van der Waals surface area contributed by atoms with E-state index in [-0.39, 0.29) is 6.42 Å². The van der Waals surface area contributed by atoms with E-state index in [2.05, 4.69) is 9.97 Å². The molecule has 2 aromatic heterocycles. The summed E-state index contributed by atoms with van der Waals surface area (Å²) in [6, 6.07) is 7.57. The number of pyridine rings is 2. The maximum absolute atomic E-state index is 12.8. The second kappa shape index (κ2) is 8.17. The van der Waals surface area contributed by atoms with Crippen molar-refractivity contribution >= 4 is 11.9 Å². The van der Waals surface area contributed by atoms with Crippen molar-refractivity contribution in [2.45, 2.75) is 76.4 Å². The van der Waals surface area contributed by atoms with Gasteiger partial charge in [0, 0.05) is 41.2 Å². The van der Waals surface area contributed by atoms with Crippen molar-refractivity contribution in [2.24, 2.45) is 0 Å². The highest BCUT2D eigenvalue weighted by atomic mass is 16.6. The van der Waals surface area contributed by atoms with Crippen LogP contribution < -0.4 is 0 Å². The zero-order chi connectivity index (χ0) is 21.3. The molecule has 4 rings (SSSR count). The fraction of sp³-hybridized carbons (Fsp3) is 0.500. The Hall–Kier alpha value is -2.76.